The van der Waals surface area contributed by atoms with Crippen LogP contribution >= 0.6 is 0 Å². The van der Waals surface area contributed by atoms with Crippen molar-refractivity contribution in [3.8, 4) is 0 Å². The molecule has 0 radical (unpaired) electrons. The molecular formula is C16H23NO4. The Balaban J connectivity index is 2.56. The van der Waals surface area contributed by atoms with Crippen LogP contribution in [0.2, 0.25) is 0 Å². The number of carboxylic acid groups (broad SMARTS) is 1. The Labute approximate surface area is 125 Å². The second-order valence-electron chi connectivity index (χ2n) is 5.50. The third-order valence-electron chi connectivity index (χ3n) is 3.00. The molecule has 1 unspecified atom stereocenters. The molecule has 2 N–H and O–H groups in total. The van der Waals surface area contributed by atoms with Crippen molar-refractivity contribution in [2.45, 2.75) is 32.7 Å². The van der Waals surface area contributed by atoms with E-state index < -0.39 is 12.0 Å². The number of nitrogens with one attached hydrogen (secondary N) is 1. The lowest BCUT2D eigenvalue weighted by Crippen LogP contribution is -2.44. The van der Waals surface area contributed by atoms with Gasteiger partial charge in [-0.1, -0.05) is 38.1 Å². The number of ether oxygens (including phenoxy) is 1. The maximum Gasteiger partial charge on any atom is 0.328 e. The molecule has 0 saturated heterocycles. The van der Waals surface area contributed by atoms with E-state index in [4.69, 9.17) is 9.84 Å². The van der Waals surface area contributed by atoms with Crippen LogP contribution in [-0.4, -0.2) is 36.7 Å². The Bertz CT molecular complexity index is 468. The Hall–Kier alpha value is -1.88. The van der Waals surface area contributed by atoms with Gasteiger partial charge < -0.3 is 15.2 Å². The predicted molar refractivity (Wildman–Crippen MR) is 80.1 cm³/mol. The van der Waals surface area contributed by atoms with Crippen LogP contribution in [0.1, 0.15) is 25.0 Å². The Morgan fingerprint density at radius 2 is 1.76 bits per heavy atom. The highest BCUT2D eigenvalue weighted by Crippen LogP contribution is 2.10. The Morgan fingerprint density at radius 1 is 1.19 bits per heavy atom. The maximum absolute atomic E-state index is 11.8. The Morgan fingerprint density at radius 3 is 2.24 bits per heavy atom. The van der Waals surface area contributed by atoms with Crippen molar-refractivity contribution in [2.75, 3.05) is 13.7 Å². The normalized spacial score (nSPS) is 12.2. The highest BCUT2D eigenvalue weighted by atomic mass is 16.5. The molecule has 116 valence electrons. The molecule has 1 amide bonds. The third kappa shape index (κ3) is 6.40. The number of rotatable bonds is 8. The van der Waals surface area contributed by atoms with Crippen LogP contribution in [0.3, 0.4) is 0 Å². The molecule has 21 heavy (non-hydrogen) atoms. The second-order valence-corrected chi connectivity index (χ2v) is 5.50. The lowest BCUT2D eigenvalue weighted by Gasteiger charge is -2.13. The molecule has 0 aliphatic heterocycles. The smallest absolute Gasteiger partial charge is 0.328 e. The minimum Gasteiger partial charge on any atom is -0.480 e. The first-order valence-corrected chi connectivity index (χ1v) is 7.01. The van der Waals surface area contributed by atoms with E-state index in [-0.39, 0.29) is 18.9 Å². The van der Waals surface area contributed by atoms with E-state index in [2.05, 4.69) is 19.2 Å². The van der Waals surface area contributed by atoms with Gasteiger partial charge in [0.15, 0.2) is 6.04 Å². The molecule has 0 fully saturated rings. The molecule has 0 bridgehead atoms. The van der Waals surface area contributed by atoms with Crippen molar-refractivity contribution in [1.29, 1.82) is 0 Å². The number of amides is 1. The summed E-state index contributed by atoms with van der Waals surface area (Å²) in [5, 5.41) is 11.4. The number of benzene rings is 1. The van der Waals surface area contributed by atoms with Crippen LogP contribution in [0.15, 0.2) is 24.3 Å². The molecule has 1 aromatic carbocycles. The van der Waals surface area contributed by atoms with Gasteiger partial charge in [-0.15, -0.1) is 0 Å². The van der Waals surface area contributed by atoms with Gasteiger partial charge >= 0.3 is 5.97 Å². The summed E-state index contributed by atoms with van der Waals surface area (Å²) in [5.74, 6) is -0.835. The van der Waals surface area contributed by atoms with Crippen molar-refractivity contribution < 1.29 is 19.4 Å². The van der Waals surface area contributed by atoms with Gasteiger partial charge in [0.05, 0.1) is 13.0 Å². The standard InChI is InChI=1S/C16H23NO4/c1-11(2)8-12-4-6-13(7-5-12)9-15(18)17-14(10-21-3)16(19)20/h4-7,11,14H,8-10H2,1-3H3,(H,17,18)(H,19,20). The third-order valence-corrected chi connectivity index (χ3v) is 3.00. The summed E-state index contributed by atoms with van der Waals surface area (Å²) in [6.07, 6.45) is 1.16. The summed E-state index contributed by atoms with van der Waals surface area (Å²) in [4.78, 5) is 22.8. The number of hydrogen-bond acceptors (Lipinski definition) is 3. The first-order valence-electron chi connectivity index (χ1n) is 7.01. The van der Waals surface area contributed by atoms with Gasteiger partial charge in [-0.05, 0) is 23.5 Å². The van der Waals surface area contributed by atoms with E-state index >= 15 is 0 Å². The monoisotopic (exact) mass is 293 g/mol. The number of carbonyl (C=O) groups excluding carboxylic acids is 1. The summed E-state index contributed by atoms with van der Waals surface area (Å²) in [6.45, 7) is 4.26. The van der Waals surface area contributed by atoms with Crippen molar-refractivity contribution in [2.24, 2.45) is 5.92 Å². The zero-order chi connectivity index (χ0) is 15.8. The minimum absolute atomic E-state index is 0.0472. The topological polar surface area (TPSA) is 75.6 Å². The number of carbonyl (C=O) groups is 2. The molecular weight excluding hydrogens is 270 g/mol. The molecule has 1 atom stereocenters. The van der Waals surface area contributed by atoms with Crippen LogP contribution in [0.5, 0.6) is 0 Å². The summed E-state index contributed by atoms with van der Waals surface area (Å²) in [7, 11) is 1.40. The summed E-state index contributed by atoms with van der Waals surface area (Å²) in [5.41, 5.74) is 2.10. The van der Waals surface area contributed by atoms with Gasteiger partial charge in [-0.25, -0.2) is 4.79 Å². The molecule has 0 aliphatic carbocycles. The fourth-order valence-electron chi connectivity index (χ4n) is 2.04. The lowest BCUT2D eigenvalue weighted by molar-refractivity contribution is -0.143. The molecule has 5 nitrogen and oxygen atoms in total. The molecule has 0 aliphatic rings. The molecule has 1 rings (SSSR count). The van der Waals surface area contributed by atoms with Crippen molar-refractivity contribution in [3.05, 3.63) is 35.4 Å². The van der Waals surface area contributed by atoms with E-state index in [1.54, 1.807) is 0 Å². The molecule has 1 aromatic rings. The highest BCUT2D eigenvalue weighted by molar-refractivity contribution is 5.84. The van der Waals surface area contributed by atoms with Gasteiger partial charge in [0, 0.05) is 7.11 Å². The summed E-state index contributed by atoms with van der Waals surface area (Å²) < 4.78 is 4.77. The van der Waals surface area contributed by atoms with Gasteiger partial charge in [-0.3, -0.25) is 4.79 Å². The van der Waals surface area contributed by atoms with Crippen molar-refractivity contribution in [3.63, 3.8) is 0 Å². The number of methoxy groups -OCH3 is 1. The van der Waals surface area contributed by atoms with Crippen LogP contribution < -0.4 is 5.32 Å². The quantitative estimate of drug-likeness (QED) is 0.764. The van der Waals surface area contributed by atoms with Crippen LogP contribution in [0.4, 0.5) is 0 Å². The van der Waals surface area contributed by atoms with Gasteiger partial charge in [0.2, 0.25) is 5.91 Å². The average Bonchev–Trinajstić information content (AvgIpc) is 2.40. The van der Waals surface area contributed by atoms with Gasteiger partial charge in [0.25, 0.3) is 0 Å². The van der Waals surface area contributed by atoms with Crippen LogP contribution in [-0.2, 0) is 27.2 Å². The molecule has 0 spiro atoms. The van der Waals surface area contributed by atoms with Gasteiger partial charge in [-0.2, -0.15) is 0 Å². The number of carboxylic acids is 1. The predicted octanol–water partition coefficient (Wildman–Crippen LogP) is 1.64. The van der Waals surface area contributed by atoms with Crippen LogP contribution in [0.25, 0.3) is 0 Å². The van der Waals surface area contributed by atoms with E-state index in [0.717, 1.165) is 12.0 Å². The summed E-state index contributed by atoms with van der Waals surface area (Å²) >= 11 is 0. The largest absolute Gasteiger partial charge is 0.480 e. The van der Waals surface area contributed by atoms with E-state index in [1.165, 1.54) is 12.7 Å². The van der Waals surface area contributed by atoms with E-state index in [0.29, 0.717) is 5.92 Å². The molecule has 0 saturated carbocycles. The van der Waals surface area contributed by atoms with Gasteiger partial charge in [0.1, 0.15) is 0 Å². The van der Waals surface area contributed by atoms with Crippen molar-refractivity contribution in [1.82, 2.24) is 5.32 Å². The first kappa shape index (κ1) is 17.2. The molecule has 5 heteroatoms. The lowest BCUT2D eigenvalue weighted by atomic mass is 10.0. The minimum atomic E-state index is -1.10. The summed E-state index contributed by atoms with van der Waals surface area (Å²) in [6, 6.07) is 6.81. The zero-order valence-corrected chi connectivity index (χ0v) is 12.8. The first-order chi connectivity index (χ1) is 9.92. The highest BCUT2D eigenvalue weighted by Gasteiger charge is 2.19. The maximum atomic E-state index is 11.8. The fourth-order valence-corrected chi connectivity index (χ4v) is 2.04. The average molecular weight is 293 g/mol. The number of aliphatic carboxylic acids is 1. The SMILES string of the molecule is COCC(NC(=O)Cc1ccc(CC(C)C)cc1)C(=O)O. The fraction of sp³-hybridized carbons (Fsp3) is 0.500. The van der Waals surface area contributed by atoms with E-state index in [1.807, 2.05) is 24.3 Å². The van der Waals surface area contributed by atoms with E-state index in [9.17, 15) is 9.59 Å². The second kappa shape index (κ2) is 8.42. The number of hydrogen-bond donors (Lipinski definition) is 2. The zero-order valence-electron chi connectivity index (χ0n) is 12.8. The Kier molecular flexibility index (Phi) is 6.88. The molecule has 0 heterocycles. The van der Waals surface area contributed by atoms with Crippen LogP contribution in [0, 0.1) is 5.92 Å². The van der Waals surface area contributed by atoms with Crippen molar-refractivity contribution >= 4 is 11.9 Å². The molecule has 0 aromatic heterocycles.